The maximum atomic E-state index is 12.9. The number of anilines is 1. The number of hydrogen-bond acceptors (Lipinski definition) is 3. The Balaban J connectivity index is 2.07. The molecule has 2 aromatic rings. The van der Waals surface area contributed by atoms with Crippen LogP contribution in [0.4, 0.5) is 19.0 Å². The molecular weight excluding hydrogens is 271 g/mol. The zero-order valence-corrected chi connectivity index (χ0v) is 11.3. The lowest BCUT2D eigenvalue weighted by Crippen LogP contribution is -2.15. The molecule has 0 amide bonds. The molecule has 0 saturated heterocycles. The molecule has 0 spiro atoms. The maximum Gasteiger partial charge on any atom is 0.433 e. The van der Waals surface area contributed by atoms with Gasteiger partial charge >= 0.3 is 6.18 Å². The van der Waals surface area contributed by atoms with Gasteiger partial charge in [-0.15, -0.1) is 0 Å². The summed E-state index contributed by atoms with van der Waals surface area (Å²) >= 11 is 0. The third-order valence-electron chi connectivity index (χ3n) is 2.84. The van der Waals surface area contributed by atoms with Crippen molar-refractivity contribution in [3.8, 4) is 0 Å². The molecule has 1 N–H and O–H groups in total. The summed E-state index contributed by atoms with van der Waals surface area (Å²) in [5.74, 6) is 0.551. The lowest BCUT2D eigenvalue weighted by atomic mass is 10.2. The predicted molar refractivity (Wildman–Crippen MR) is 68.1 cm³/mol. The van der Waals surface area contributed by atoms with E-state index in [2.05, 4.69) is 15.5 Å². The number of rotatable bonds is 5. The Bertz CT molecular complexity index is 570. The average molecular weight is 287 g/mol. The van der Waals surface area contributed by atoms with Gasteiger partial charge in [0.25, 0.3) is 0 Å². The van der Waals surface area contributed by atoms with Crippen molar-refractivity contribution in [3.05, 3.63) is 29.7 Å². The van der Waals surface area contributed by atoms with Crippen molar-refractivity contribution in [2.24, 2.45) is 7.05 Å². The molecule has 0 aliphatic rings. The molecule has 0 aliphatic carbocycles. The zero-order chi connectivity index (χ0) is 14.8. The molecule has 0 unspecified atom stereocenters. The Morgan fingerprint density at radius 3 is 2.75 bits per heavy atom. The van der Waals surface area contributed by atoms with E-state index < -0.39 is 11.9 Å². The number of nitrogens with zero attached hydrogens (tertiary/aromatic N) is 4. The van der Waals surface area contributed by atoms with Gasteiger partial charge in [0, 0.05) is 38.0 Å². The van der Waals surface area contributed by atoms with Gasteiger partial charge in [0.2, 0.25) is 0 Å². The number of hydrogen-bond donors (Lipinski definition) is 1. The second-order valence-corrected chi connectivity index (χ2v) is 4.46. The van der Waals surface area contributed by atoms with Crippen LogP contribution in [0.5, 0.6) is 0 Å². The van der Waals surface area contributed by atoms with Gasteiger partial charge in [-0.2, -0.15) is 23.4 Å². The van der Waals surface area contributed by atoms with E-state index >= 15 is 0 Å². The molecular formula is C12H16F3N5. The quantitative estimate of drug-likeness (QED) is 0.919. The molecule has 20 heavy (non-hydrogen) atoms. The molecule has 0 atom stereocenters. The van der Waals surface area contributed by atoms with Crippen LogP contribution in [0.3, 0.4) is 0 Å². The summed E-state index contributed by atoms with van der Waals surface area (Å²) in [5, 5.41) is 10.8. The van der Waals surface area contributed by atoms with Crippen LogP contribution in [0.25, 0.3) is 0 Å². The predicted octanol–water partition coefficient (Wildman–Crippen LogP) is 2.66. The molecule has 0 bridgehead atoms. The summed E-state index contributed by atoms with van der Waals surface area (Å²) in [7, 11) is 1.28. The van der Waals surface area contributed by atoms with Gasteiger partial charge in [0.15, 0.2) is 0 Å². The fraction of sp³-hybridized carbons (Fsp3) is 0.500. The first-order valence-electron chi connectivity index (χ1n) is 6.27. The van der Waals surface area contributed by atoms with E-state index in [1.54, 1.807) is 16.9 Å². The minimum atomic E-state index is -4.41. The first-order valence-corrected chi connectivity index (χ1v) is 6.27. The highest BCUT2D eigenvalue weighted by molar-refractivity contribution is 5.35. The van der Waals surface area contributed by atoms with E-state index in [-0.39, 0.29) is 12.1 Å². The largest absolute Gasteiger partial charge is 0.433 e. The van der Waals surface area contributed by atoms with Gasteiger partial charge in [-0.25, -0.2) is 0 Å². The van der Waals surface area contributed by atoms with Crippen LogP contribution in [0.2, 0.25) is 0 Å². The van der Waals surface area contributed by atoms with Crippen molar-refractivity contribution in [1.29, 1.82) is 0 Å². The van der Waals surface area contributed by atoms with E-state index in [0.717, 1.165) is 17.6 Å². The van der Waals surface area contributed by atoms with Gasteiger partial charge in [0.05, 0.1) is 6.20 Å². The minimum absolute atomic E-state index is 0.0336. The number of halogens is 3. The molecule has 0 aliphatic heterocycles. The smallest absolute Gasteiger partial charge is 0.364 e. The van der Waals surface area contributed by atoms with Crippen molar-refractivity contribution in [3.63, 3.8) is 0 Å². The van der Waals surface area contributed by atoms with Crippen molar-refractivity contribution in [1.82, 2.24) is 19.6 Å². The number of aromatic nitrogens is 4. The summed E-state index contributed by atoms with van der Waals surface area (Å²) in [6.07, 6.45) is -0.454. The molecule has 8 heteroatoms. The topological polar surface area (TPSA) is 47.7 Å². The lowest BCUT2D eigenvalue weighted by Gasteiger charge is -2.10. The standard InChI is InChI=1S/C12H16F3N5/c1-3-5-20-6-4-10(18-20)16-7-9-8-17-19(2)11(9)12(13,14)15/h4,6,8H,3,5,7H2,1-2H3,(H,16,18). The molecule has 0 aromatic carbocycles. The summed E-state index contributed by atoms with van der Waals surface area (Å²) < 4.78 is 41.2. The van der Waals surface area contributed by atoms with Crippen molar-refractivity contribution >= 4 is 5.82 Å². The summed E-state index contributed by atoms with van der Waals surface area (Å²) in [4.78, 5) is 0. The van der Waals surface area contributed by atoms with Crippen LogP contribution in [0.1, 0.15) is 24.6 Å². The van der Waals surface area contributed by atoms with Crippen LogP contribution in [-0.4, -0.2) is 19.6 Å². The molecule has 110 valence electrons. The Morgan fingerprint density at radius 2 is 2.10 bits per heavy atom. The zero-order valence-electron chi connectivity index (χ0n) is 11.3. The molecule has 2 heterocycles. The minimum Gasteiger partial charge on any atom is -0.364 e. The number of aryl methyl sites for hydroxylation is 2. The fourth-order valence-corrected chi connectivity index (χ4v) is 1.97. The second kappa shape index (κ2) is 5.56. The normalized spacial score (nSPS) is 11.8. The lowest BCUT2D eigenvalue weighted by molar-refractivity contribution is -0.144. The molecule has 0 fully saturated rings. The fourth-order valence-electron chi connectivity index (χ4n) is 1.97. The van der Waals surface area contributed by atoms with E-state index in [4.69, 9.17) is 0 Å². The molecule has 0 radical (unpaired) electrons. The molecule has 5 nitrogen and oxygen atoms in total. The highest BCUT2D eigenvalue weighted by atomic mass is 19.4. The number of nitrogens with one attached hydrogen (secondary N) is 1. The average Bonchev–Trinajstić information content (AvgIpc) is 2.93. The van der Waals surface area contributed by atoms with Crippen molar-refractivity contribution in [2.45, 2.75) is 32.6 Å². The SMILES string of the molecule is CCCn1ccc(NCc2cnn(C)c2C(F)(F)F)n1. The highest BCUT2D eigenvalue weighted by Crippen LogP contribution is 2.31. The Morgan fingerprint density at radius 1 is 1.35 bits per heavy atom. The van der Waals surface area contributed by atoms with Gasteiger partial charge in [-0.05, 0) is 6.42 Å². The maximum absolute atomic E-state index is 12.9. The third kappa shape index (κ3) is 3.12. The van der Waals surface area contributed by atoms with E-state index in [1.807, 2.05) is 6.92 Å². The third-order valence-corrected chi connectivity index (χ3v) is 2.84. The Hall–Kier alpha value is -1.99. The molecule has 2 aromatic heterocycles. The van der Waals surface area contributed by atoms with Crippen molar-refractivity contribution in [2.75, 3.05) is 5.32 Å². The van der Waals surface area contributed by atoms with Gasteiger partial charge < -0.3 is 5.32 Å². The molecule has 2 rings (SSSR count). The van der Waals surface area contributed by atoms with Crippen LogP contribution < -0.4 is 5.32 Å². The van der Waals surface area contributed by atoms with Crippen molar-refractivity contribution < 1.29 is 13.2 Å². The first-order chi connectivity index (χ1) is 9.41. The molecule has 0 saturated carbocycles. The first kappa shape index (κ1) is 14.4. The van der Waals surface area contributed by atoms with Crippen LogP contribution in [0.15, 0.2) is 18.5 Å². The second-order valence-electron chi connectivity index (χ2n) is 4.46. The van der Waals surface area contributed by atoms with Gasteiger partial charge in [-0.1, -0.05) is 6.92 Å². The van der Waals surface area contributed by atoms with Crippen LogP contribution >= 0.6 is 0 Å². The van der Waals surface area contributed by atoms with E-state index in [1.165, 1.54) is 13.2 Å². The van der Waals surface area contributed by atoms with Crippen LogP contribution in [0, 0.1) is 0 Å². The summed E-state index contributed by atoms with van der Waals surface area (Å²) in [6.45, 7) is 2.84. The van der Waals surface area contributed by atoms with E-state index in [0.29, 0.717) is 5.82 Å². The van der Waals surface area contributed by atoms with Gasteiger partial charge in [-0.3, -0.25) is 9.36 Å². The monoisotopic (exact) mass is 287 g/mol. The van der Waals surface area contributed by atoms with Gasteiger partial charge in [0.1, 0.15) is 11.5 Å². The Kier molecular flexibility index (Phi) is 4.01. The van der Waals surface area contributed by atoms with Crippen LogP contribution in [-0.2, 0) is 26.3 Å². The summed E-state index contributed by atoms with van der Waals surface area (Å²) in [5.41, 5.74) is -0.636. The van der Waals surface area contributed by atoms with E-state index in [9.17, 15) is 13.2 Å². The number of alkyl halides is 3. The summed E-state index contributed by atoms with van der Waals surface area (Å²) in [6, 6.07) is 1.74. The highest BCUT2D eigenvalue weighted by Gasteiger charge is 2.37. The Labute approximate surface area is 114 Å².